The zero-order valence-electron chi connectivity index (χ0n) is 12.7. The molecule has 1 saturated carbocycles. The Labute approximate surface area is 114 Å². The topological polar surface area (TPSA) is 15.3 Å². The smallest absolute Gasteiger partial charge is 0.00799 e. The zero-order valence-corrected chi connectivity index (χ0v) is 12.7. The third-order valence-electron chi connectivity index (χ3n) is 5.12. The van der Waals surface area contributed by atoms with Crippen LogP contribution in [0.4, 0.5) is 0 Å². The molecular weight excluding hydrogens is 220 g/mol. The van der Waals surface area contributed by atoms with Crippen molar-refractivity contribution in [3.05, 3.63) is 0 Å². The highest BCUT2D eigenvalue weighted by Gasteiger charge is 2.29. The second-order valence-electron chi connectivity index (χ2n) is 7.16. The summed E-state index contributed by atoms with van der Waals surface area (Å²) in [6.45, 7) is 11.0. The fourth-order valence-corrected chi connectivity index (χ4v) is 3.64. The average molecular weight is 252 g/mol. The normalized spacial score (nSPS) is 29.7. The summed E-state index contributed by atoms with van der Waals surface area (Å²) in [6.07, 6.45) is 9.85. The number of hydrogen-bond donors (Lipinski definition) is 1. The summed E-state index contributed by atoms with van der Waals surface area (Å²) < 4.78 is 0. The summed E-state index contributed by atoms with van der Waals surface area (Å²) in [5, 5.41) is 3.88. The predicted molar refractivity (Wildman–Crippen MR) is 78.9 cm³/mol. The van der Waals surface area contributed by atoms with Crippen LogP contribution in [0.15, 0.2) is 0 Å². The molecule has 1 aliphatic heterocycles. The van der Waals surface area contributed by atoms with Crippen molar-refractivity contribution in [2.24, 2.45) is 5.41 Å². The molecule has 0 aromatic heterocycles. The van der Waals surface area contributed by atoms with E-state index < -0.39 is 0 Å². The summed E-state index contributed by atoms with van der Waals surface area (Å²) >= 11 is 0. The lowest BCUT2D eigenvalue weighted by atomic mass is 9.88. The Bertz CT molecular complexity index is 243. The van der Waals surface area contributed by atoms with Gasteiger partial charge in [-0.1, -0.05) is 19.8 Å². The highest BCUT2D eigenvalue weighted by atomic mass is 15.1. The molecule has 1 unspecified atom stereocenters. The van der Waals surface area contributed by atoms with Gasteiger partial charge in [-0.25, -0.2) is 0 Å². The van der Waals surface area contributed by atoms with Crippen molar-refractivity contribution in [3.8, 4) is 0 Å². The minimum Gasteiger partial charge on any atom is -0.313 e. The van der Waals surface area contributed by atoms with E-state index in [0.717, 1.165) is 12.1 Å². The van der Waals surface area contributed by atoms with Gasteiger partial charge in [-0.15, -0.1) is 0 Å². The lowest BCUT2D eigenvalue weighted by Gasteiger charge is -2.28. The number of nitrogens with one attached hydrogen (secondary N) is 1. The Morgan fingerprint density at radius 2 is 1.83 bits per heavy atom. The first-order chi connectivity index (χ1) is 8.59. The van der Waals surface area contributed by atoms with Crippen LogP contribution in [0.25, 0.3) is 0 Å². The molecule has 0 bridgehead atoms. The Morgan fingerprint density at radius 3 is 2.50 bits per heavy atom. The molecule has 0 amide bonds. The van der Waals surface area contributed by atoms with Crippen LogP contribution in [-0.2, 0) is 0 Å². The van der Waals surface area contributed by atoms with Crippen molar-refractivity contribution < 1.29 is 0 Å². The van der Waals surface area contributed by atoms with E-state index in [-0.39, 0.29) is 0 Å². The van der Waals surface area contributed by atoms with Crippen molar-refractivity contribution in [1.29, 1.82) is 0 Å². The molecule has 2 aliphatic rings. The van der Waals surface area contributed by atoms with Crippen LogP contribution in [0.1, 0.15) is 65.7 Å². The monoisotopic (exact) mass is 252 g/mol. The maximum atomic E-state index is 3.88. The molecule has 1 saturated heterocycles. The molecule has 0 spiro atoms. The number of rotatable bonds is 4. The van der Waals surface area contributed by atoms with E-state index in [1.807, 2.05) is 0 Å². The van der Waals surface area contributed by atoms with Crippen LogP contribution in [-0.4, -0.2) is 36.6 Å². The van der Waals surface area contributed by atoms with Crippen LogP contribution in [0.2, 0.25) is 0 Å². The van der Waals surface area contributed by atoms with Crippen LogP contribution >= 0.6 is 0 Å². The third-order valence-corrected chi connectivity index (χ3v) is 5.12. The van der Waals surface area contributed by atoms with E-state index >= 15 is 0 Å². The highest BCUT2D eigenvalue weighted by molar-refractivity contribution is 4.85. The van der Waals surface area contributed by atoms with Gasteiger partial charge in [0.15, 0.2) is 0 Å². The van der Waals surface area contributed by atoms with Gasteiger partial charge >= 0.3 is 0 Å². The fourth-order valence-electron chi connectivity index (χ4n) is 3.64. The molecule has 1 atom stereocenters. The first-order valence-corrected chi connectivity index (χ1v) is 8.06. The lowest BCUT2D eigenvalue weighted by molar-refractivity contribution is 0.227. The highest BCUT2D eigenvalue weighted by Crippen LogP contribution is 2.36. The maximum absolute atomic E-state index is 3.88. The van der Waals surface area contributed by atoms with Gasteiger partial charge in [-0.2, -0.15) is 0 Å². The summed E-state index contributed by atoms with van der Waals surface area (Å²) in [7, 11) is 0. The molecule has 0 aromatic rings. The summed E-state index contributed by atoms with van der Waals surface area (Å²) in [4.78, 5) is 2.64. The van der Waals surface area contributed by atoms with Gasteiger partial charge < -0.3 is 10.2 Å². The molecule has 2 fully saturated rings. The van der Waals surface area contributed by atoms with E-state index in [9.17, 15) is 0 Å². The van der Waals surface area contributed by atoms with Crippen LogP contribution in [0.3, 0.4) is 0 Å². The molecule has 2 heteroatoms. The Hall–Kier alpha value is -0.0800. The van der Waals surface area contributed by atoms with Crippen molar-refractivity contribution in [2.45, 2.75) is 77.8 Å². The number of hydrogen-bond acceptors (Lipinski definition) is 2. The molecular formula is C16H32N2. The molecule has 1 heterocycles. The van der Waals surface area contributed by atoms with Crippen molar-refractivity contribution in [2.75, 3.05) is 19.6 Å². The SMILES string of the molecule is CC(C)N1CCCC(NCC2(C)CCCC2)CC1. The molecule has 1 N–H and O–H groups in total. The molecule has 1 aliphatic carbocycles. The second-order valence-corrected chi connectivity index (χ2v) is 7.16. The minimum atomic E-state index is 0.601. The van der Waals surface area contributed by atoms with Gasteiger partial charge in [-0.05, 0) is 64.5 Å². The lowest BCUT2D eigenvalue weighted by Crippen LogP contribution is -2.38. The van der Waals surface area contributed by atoms with E-state index in [1.54, 1.807) is 0 Å². The van der Waals surface area contributed by atoms with E-state index in [4.69, 9.17) is 0 Å². The van der Waals surface area contributed by atoms with Crippen LogP contribution in [0.5, 0.6) is 0 Å². The summed E-state index contributed by atoms with van der Waals surface area (Å²) in [5.41, 5.74) is 0.601. The minimum absolute atomic E-state index is 0.601. The molecule has 0 aromatic carbocycles. The van der Waals surface area contributed by atoms with Gasteiger partial charge in [-0.3, -0.25) is 0 Å². The van der Waals surface area contributed by atoms with Gasteiger partial charge in [0, 0.05) is 18.6 Å². The van der Waals surface area contributed by atoms with Crippen LogP contribution < -0.4 is 5.32 Å². The molecule has 0 radical (unpaired) electrons. The standard InChI is InChI=1S/C16H32N2/c1-14(2)18-11-6-7-15(8-12-18)17-13-16(3)9-4-5-10-16/h14-15,17H,4-13H2,1-3H3. The predicted octanol–water partition coefficient (Wildman–Crippen LogP) is 3.42. The van der Waals surface area contributed by atoms with E-state index in [2.05, 4.69) is 31.0 Å². The van der Waals surface area contributed by atoms with Crippen molar-refractivity contribution in [1.82, 2.24) is 10.2 Å². The number of nitrogens with zero attached hydrogens (tertiary/aromatic N) is 1. The second kappa shape index (κ2) is 6.38. The van der Waals surface area contributed by atoms with Crippen molar-refractivity contribution >= 4 is 0 Å². The van der Waals surface area contributed by atoms with Gasteiger partial charge in [0.1, 0.15) is 0 Å². The number of likely N-dealkylation sites (tertiary alicyclic amines) is 1. The Balaban J connectivity index is 1.73. The first-order valence-electron chi connectivity index (χ1n) is 8.06. The fraction of sp³-hybridized carbons (Fsp3) is 1.00. The average Bonchev–Trinajstić information content (AvgIpc) is 2.64. The molecule has 2 nitrogen and oxygen atoms in total. The largest absolute Gasteiger partial charge is 0.313 e. The quantitative estimate of drug-likeness (QED) is 0.825. The molecule has 18 heavy (non-hydrogen) atoms. The Kier molecular flexibility index (Phi) is 5.08. The van der Waals surface area contributed by atoms with Crippen molar-refractivity contribution in [3.63, 3.8) is 0 Å². The van der Waals surface area contributed by atoms with E-state index in [1.165, 1.54) is 64.6 Å². The molecule has 2 rings (SSSR count). The maximum Gasteiger partial charge on any atom is 0.00799 e. The Morgan fingerprint density at radius 1 is 1.11 bits per heavy atom. The zero-order chi connectivity index (χ0) is 13.0. The summed E-state index contributed by atoms with van der Waals surface area (Å²) in [6, 6.07) is 1.49. The van der Waals surface area contributed by atoms with Crippen LogP contribution in [0, 0.1) is 5.41 Å². The van der Waals surface area contributed by atoms with Gasteiger partial charge in [0.2, 0.25) is 0 Å². The van der Waals surface area contributed by atoms with Gasteiger partial charge in [0.25, 0.3) is 0 Å². The van der Waals surface area contributed by atoms with Gasteiger partial charge in [0.05, 0.1) is 0 Å². The van der Waals surface area contributed by atoms with E-state index in [0.29, 0.717) is 5.41 Å². The summed E-state index contributed by atoms with van der Waals surface area (Å²) in [5.74, 6) is 0. The third kappa shape index (κ3) is 3.96. The molecule has 106 valence electrons. The first kappa shape index (κ1) is 14.3.